The third-order valence-electron chi connectivity index (χ3n) is 6.52. The minimum absolute atomic E-state index is 0.170. The molecule has 5 nitrogen and oxygen atoms in total. The molecule has 1 aliphatic carbocycles. The Kier molecular flexibility index (Phi) is 7.84. The number of likely N-dealkylation sites (tertiary alicyclic amines) is 1. The summed E-state index contributed by atoms with van der Waals surface area (Å²) in [7, 11) is 1.67. The fraction of sp³-hybridized carbons (Fsp3) is 0.538. The number of benzene rings is 2. The van der Waals surface area contributed by atoms with Crippen molar-refractivity contribution in [2.24, 2.45) is 0 Å². The number of ether oxygens (including phenoxy) is 3. The van der Waals surface area contributed by atoms with Gasteiger partial charge >= 0.3 is 0 Å². The highest BCUT2D eigenvalue weighted by atomic mass is 16.5. The predicted molar refractivity (Wildman–Crippen MR) is 122 cm³/mol. The number of β-amino-alcohol motifs (C(OH)–C–C–N with tert-alkyl or cyclic N) is 1. The molecule has 2 fully saturated rings. The van der Waals surface area contributed by atoms with Gasteiger partial charge in [-0.2, -0.15) is 0 Å². The normalized spacial score (nSPS) is 24.3. The van der Waals surface area contributed by atoms with Crippen molar-refractivity contribution in [1.82, 2.24) is 4.90 Å². The van der Waals surface area contributed by atoms with Gasteiger partial charge in [0.2, 0.25) is 0 Å². The van der Waals surface area contributed by atoms with Gasteiger partial charge in [-0.3, -0.25) is 4.90 Å². The van der Waals surface area contributed by atoms with E-state index in [1.165, 1.54) is 24.8 Å². The smallest absolute Gasteiger partial charge is 0.161 e. The van der Waals surface area contributed by atoms with Crippen LogP contribution >= 0.6 is 0 Å². The second-order valence-electron chi connectivity index (χ2n) is 8.71. The highest BCUT2D eigenvalue weighted by Crippen LogP contribution is 2.30. The van der Waals surface area contributed by atoms with Crippen molar-refractivity contribution in [3.8, 4) is 11.5 Å². The molecule has 168 valence electrons. The quantitative estimate of drug-likeness (QED) is 0.652. The zero-order valence-corrected chi connectivity index (χ0v) is 18.5. The molecule has 0 radical (unpaired) electrons. The topological polar surface area (TPSA) is 51.2 Å². The van der Waals surface area contributed by atoms with E-state index in [4.69, 9.17) is 14.2 Å². The van der Waals surface area contributed by atoms with Crippen molar-refractivity contribution in [2.75, 3.05) is 26.8 Å². The first-order valence-electron chi connectivity index (χ1n) is 11.6. The van der Waals surface area contributed by atoms with Crippen molar-refractivity contribution in [2.45, 2.75) is 63.4 Å². The average Bonchev–Trinajstić information content (AvgIpc) is 3.25. The zero-order chi connectivity index (χ0) is 21.5. The first-order chi connectivity index (χ1) is 15.2. The predicted octanol–water partition coefficient (Wildman–Crippen LogP) is 4.21. The van der Waals surface area contributed by atoms with Gasteiger partial charge in [-0.15, -0.1) is 0 Å². The molecule has 0 bridgehead atoms. The summed E-state index contributed by atoms with van der Waals surface area (Å²) in [6.45, 7) is 3.00. The minimum Gasteiger partial charge on any atom is -0.493 e. The van der Waals surface area contributed by atoms with Gasteiger partial charge in [0.25, 0.3) is 0 Å². The van der Waals surface area contributed by atoms with Gasteiger partial charge in [0.15, 0.2) is 11.5 Å². The molecule has 0 spiro atoms. The number of aliphatic hydroxyl groups is 1. The molecule has 1 saturated carbocycles. The van der Waals surface area contributed by atoms with Crippen molar-refractivity contribution in [1.29, 1.82) is 0 Å². The maximum atomic E-state index is 9.92. The average molecular weight is 426 g/mol. The molecule has 0 unspecified atom stereocenters. The first kappa shape index (κ1) is 22.1. The zero-order valence-electron chi connectivity index (χ0n) is 18.5. The molecular formula is C26H35NO4. The third kappa shape index (κ3) is 6.00. The van der Waals surface area contributed by atoms with E-state index in [9.17, 15) is 5.11 Å². The van der Waals surface area contributed by atoms with E-state index < -0.39 is 0 Å². The van der Waals surface area contributed by atoms with E-state index >= 15 is 0 Å². The van der Waals surface area contributed by atoms with Gasteiger partial charge in [0, 0.05) is 19.1 Å². The Morgan fingerprint density at radius 3 is 2.58 bits per heavy atom. The van der Waals surface area contributed by atoms with Crippen LogP contribution in [0.2, 0.25) is 0 Å². The van der Waals surface area contributed by atoms with Gasteiger partial charge in [0.1, 0.15) is 6.61 Å². The van der Waals surface area contributed by atoms with Crippen LogP contribution in [-0.4, -0.2) is 55.1 Å². The van der Waals surface area contributed by atoms with Crippen LogP contribution in [0.5, 0.6) is 11.5 Å². The van der Waals surface area contributed by atoms with E-state index in [1.54, 1.807) is 7.11 Å². The number of rotatable bonds is 9. The molecule has 2 aliphatic rings. The SMILES string of the molecule is COc1ccc(CCO[C@@H]2CCCC[C@H]2N2CC[C@@H](O)C2)cc1OCc1ccccc1. The van der Waals surface area contributed by atoms with Crippen LogP contribution in [0.1, 0.15) is 43.2 Å². The molecule has 0 amide bonds. The van der Waals surface area contributed by atoms with Gasteiger partial charge < -0.3 is 19.3 Å². The van der Waals surface area contributed by atoms with Crippen LogP contribution in [0.25, 0.3) is 0 Å². The highest BCUT2D eigenvalue weighted by Gasteiger charge is 2.34. The lowest BCUT2D eigenvalue weighted by Gasteiger charge is -2.37. The Balaban J connectivity index is 1.32. The lowest BCUT2D eigenvalue weighted by molar-refractivity contribution is -0.0316. The molecule has 31 heavy (non-hydrogen) atoms. The maximum absolute atomic E-state index is 9.92. The second-order valence-corrected chi connectivity index (χ2v) is 8.71. The van der Waals surface area contributed by atoms with Crippen LogP contribution in [0.4, 0.5) is 0 Å². The summed E-state index contributed by atoms with van der Waals surface area (Å²) < 4.78 is 17.9. The summed E-state index contributed by atoms with van der Waals surface area (Å²) in [5.74, 6) is 1.52. The van der Waals surface area contributed by atoms with Crippen molar-refractivity contribution >= 4 is 0 Å². The van der Waals surface area contributed by atoms with E-state index in [0.29, 0.717) is 19.3 Å². The van der Waals surface area contributed by atoms with E-state index in [-0.39, 0.29) is 12.2 Å². The van der Waals surface area contributed by atoms with Crippen molar-refractivity contribution in [3.63, 3.8) is 0 Å². The minimum atomic E-state index is -0.170. The number of hydrogen-bond acceptors (Lipinski definition) is 5. The molecule has 4 rings (SSSR count). The van der Waals surface area contributed by atoms with Gasteiger partial charge in [-0.1, -0.05) is 49.2 Å². The Labute approximate surface area is 185 Å². The summed E-state index contributed by atoms with van der Waals surface area (Å²) in [5.41, 5.74) is 2.32. The van der Waals surface area contributed by atoms with Crippen LogP contribution in [0.3, 0.4) is 0 Å². The lowest BCUT2D eigenvalue weighted by atomic mass is 9.91. The van der Waals surface area contributed by atoms with E-state index in [0.717, 1.165) is 49.4 Å². The molecule has 0 aromatic heterocycles. The monoisotopic (exact) mass is 425 g/mol. The Bertz CT molecular complexity index is 812. The third-order valence-corrected chi connectivity index (χ3v) is 6.52. The molecule has 1 N–H and O–H groups in total. The number of aliphatic hydroxyl groups excluding tert-OH is 1. The molecule has 3 atom stereocenters. The fourth-order valence-corrected chi connectivity index (χ4v) is 4.81. The molecule has 1 aliphatic heterocycles. The molecule has 5 heteroatoms. The van der Waals surface area contributed by atoms with Crippen molar-refractivity contribution in [3.05, 3.63) is 59.7 Å². The number of methoxy groups -OCH3 is 1. The van der Waals surface area contributed by atoms with Crippen LogP contribution in [-0.2, 0) is 17.8 Å². The first-order valence-corrected chi connectivity index (χ1v) is 11.6. The van der Waals surface area contributed by atoms with Crippen LogP contribution < -0.4 is 9.47 Å². The van der Waals surface area contributed by atoms with E-state index in [1.807, 2.05) is 24.3 Å². The van der Waals surface area contributed by atoms with Gasteiger partial charge in [-0.25, -0.2) is 0 Å². The maximum Gasteiger partial charge on any atom is 0.161 e. The summed E-state index contributed by atoms with van der Waals surface area (Å²) in [6, 6.07) is 16.8. The van der Waals surface area contributed by atoms with Crippen LogP contribution in [0.15, 0.2) is 48.5 Å². The van der Waals surface area contributed by atoms with Gasteiger partial charge in [0.05, 0.1) is 25.9 Å². The highest BCUT2D eigenvalue weighted by molar-refractivity contribution is 5.43. The summed E-state index contributed by atoms with van der Waals surface area (Å²) in [6.07, 6.45) is 6.62. The Morgan fingerprint density at radius 1 is 0.968 bits per heavy atom. The second kappa shape index (κ2) is 11.0. The summed E-state index contributed by atoms with van der Waals surface area (Å²) in [5, 5.41) is 9.92. The van der Waals surface area contributed by atoms with E-state index in [2.05, 4.69) is 29.2 Å². The van der Waals surface area contributed by atoms with Crippen LogP contribution in [0, 0.1) is 0 Å². The van der Waals surface area contributed by atoms with Gasteiger partial charge in [-0.05, 0) is 48.9 Å². The van der Waals surface area contributed by atoms with Crippen molar-refractivity contribution < 1.29 is 19.3 Å². The molecular weight excluding hydrogens is 390 g/mol. The number of hydrogen-bond donors (Lipinski definition) is 1. The molecule has 1 saturated heterocycles. The standard InChI is InChI=1S/C26H35NO4/c1-29-25-12-11-20(17-26(25)31-19-21-7-3-2-4-8-21)14-16-30-24-10-6-5-9-23(24)27-15-13-22(28)18-27/h2-4,7-8,11-12,17,22-24,28H,5-6,9-10,13-16,18-19H2,1H3/t22-,23-,24-/m1/s1. The lowest BCUT2D eigenvalue weighted by Crippen LogP contribution is -2.46. The summed E-state index contributed by atoms with van der Waals surface area (Å²) >= 11 is 0. The molecule has 2 aromatic rings. The molecule has 2 aromatic carbocycles. The summed E-state index contributed by atoms with van der Waals surface area (Å²) in [4.78, 5) is 2.44. The fourth-order valence-electron chi connectivity index (χ4n) is 4.81. The Hall–Kier alpha value is -2.08. The Morgan fingerprint density at radius 2 is 1.81 bits per heavy atom. The molecule has 1 heterocycles. The number of nitrogens with zero attached hydrogens (tertiary/aromatic N) is 1. The largest absolute Gasteiger partial charge is 0.493 e.